The van der Waals surface area contributed by atoms with Gasteiger partial charge in [0.25, 0.3) is 5.91 Å². The first kappa shape index (κ1) is 14.1. The van der Waals surface area contributed by atoms with Crippen LogP contribution in [0.5, 0.6) is 0 Å². The lowest BCUT2D eigenvalue weighted by Gasteiger charge is -2.16. The molecule has 0 bridgehead atoms. The number of hydrogen-bond donors (Lipinski definition) is 1. The second-order valence-electron chi connectivity index (χ2n) is 4.50. The van der Waals surface area contributed by atoms with E-state index in [4.69, 9.17) is 28.3 Å². The number of pyridine rings is 1. The van der Waals surface area contributed by atoms with E-state index in [2.05, 4.69) is 4.98 Å². The van der Waals surface area contributed by atoms with E-state index in [1.54, 1.807) is 4.90 Å². The Morgan fingerprint density at radius 1 is 1.37 bits per heavy atom. The SMILES string of the molecule is O=C(O)CC1CCN(C(=O)c2cc(Cl)nc(Cl)c2)C1. The van der Waals surface area contributed by atoms with Gasteiger partial charge >= 0.3 is 5.97 Å². The van der Waals surface area contributed by atoms with Crippen LogP contribution < -0.4 is 0 Å². The van der Waals surface area contributed by atoms with Crippen LogP contribution in [0.25, 0.3) is 0 Å². The summed E-state index contributed by atoms with van der Waals surface area (Å²) in [4.78, 5) is 28.3. The number of aromatic nitrogens is 1. The molecule has 7 heteroatoms. The fourth-order valence-corrected chi connectivity index (χ4v) is 2.66. The monoisotopic (exact) mass is 302 g/mol. The van der Waals surface area contributed by atoms with E-state index >= 15 is 0 Å². The summed E-state index contributed by atoms with van der Waals surface area (Å²) in [5, 5.41) is 9.07. The van der Waals surface area contributed by atoms with Gasteiger partial charge in [-0.15, -0.1) is 0 Å². The van der Waals surface area contributed by atoms with Gasteiger partial charge in [-0.25, -0.2) is 4.98 Å². The van der Waals surface area contributed by atoms with Gasteiger partial charge in [0.05, 0.1) is 0 Å². The number of rotatable bonds is 3. The first-order valence-electron chi connectivity index (χ1n) is 5.80. The van der Waals surface area contributed by atoms with Gasteiger partial charge in [0.1, 0.15) is 10.3 Å². The van der Waals surface area contributed by atoms with Crippen LogP contribution in [0, 0.1) is 5.92 Å². The molecule has 1 aromatic heterocycles. The maximum Gasteiger partial charge on any atom is 0.303 e. The standard InChI is InChI=1S/C12H12Cl2N2O3/c13-9-4-8(5-10(14)15-9)12(19)16-2-1-7(6-16)3-11(17)18/h4-5,7H,1-3,6H2,(H,17,18). The predicted octanol–water partition coefficient (Wildman–Crippen LogP) is 2.33. The topological polar surface area (TPSA) is 70.5 Å². The van der Waals surface area contributed by atoms with Crippen molar-refractivity contribution < 1.29 is 14.7 Å². The van der Waals surface area contributed by atoms with E-state index < -0.39 is 5.97 Å². The molecule has 2 heterocycles. The number of carbonyl (C=O) groups is 2. The Morgan fingerprint density at radius 3 is 2.58 bits per heavy atom. The third kappa shape index (κ3) is 3.58. The average Bonchev–Trinajstić information content (AvgIpc) is 2.74. The van der Waals surface area contributed by atoms with Gasteiger partial charge in [-0.2, -0.15) is 0 Å². The molecule has 0 aromatic carbocycles. The Balaban J connectivity index is 2.06. The van der Waals surface area contributed by atoms with Crippen molar-refractivity contribution in [3.63, 3.8) is 0 Å². The van der Waals surface area contributed by atoms with Crippen molar-refractivity contribution in [2.24, 2.45) is 5.92 Å². The Bertz CT molecular complexity index is 501. The number of aliphatic carboxylic acids is 1. The number of hydrogen-bond acceptors (Lipinski definition) is 3. The summed E-state index contributed by atoms with van der Waals surface area (Å²) in [6.07, 6.45) is 0.784. The molecule has 1 fully saturated rings. The molecular weight excluding hydrogens is 291 g/mol. The second kappa shape index (κ2) is 5.75. The molecule has 1 unspecified atom stereocenters. The van der Waals surface area contributed by atoms with Gasteiger partial charge in [0, 0.05) is 25.1 Å². The maximum absolute atomic E-state index is 12.2. The molecule has 0 saturated carbocycles. The first-order chi connectivity index (χ1) is 8.95. The molecule has 1 aromatic rings. The fourth-order valence-electron chi connectivity index (χ4n) is 2.20. The molecule has 2 rings (SSSR count). The largest absolute Gasteiger partial charge is 0.481 e. The van der Waals surface area contributed by atoms with Crippen molar-refractivity contribution >= 4 is 35.1 Å². The number of nitrogens with zero attached hydrogens (tertiary/aromatic N) is 2. The van der Waals surface area contributed by atoms with Crippen LogP contribution in [0.2, 0.25) is 10.3 Å². The van der Waals surface area contributed by atoms with E-state index in [1.807, 2.05) is 0 Å². The normalized spacial score (nSPS) is 18.6. The van der Waals surface area contributed by atoms with Crippen LogP contribution in [0.3, 0.4) is 0 Å². The number of amides is 1. The van der Waals surface area contributed by atoms with Crippen LogP contribution in [0.1, 0.15) is 23.2 Å². The molecule has 19 heavy (non-hydrogen) atoms. The van der Waals surface area contributed by atoms with Crippen LogP contribution in [-0.2, 0) is 4.79 Å². The Hall–Kier alpha value is -1.33. The zero-order chi connectivity index (χ0) is 14.0. The zero-order valence-electron chi connectivity index (χ0n) is 9.97. The summed E-state index contributed by atoms with van der Waals surface area (Å²) in [5.74, 6) is -1.03. The second-order valence-corrected chi connectivity index (χ2v) is 5.28. The van der Waals surface area contributed by atoms with Gasteiger partial charge in [0.15, 0.2) is 0 Å². The molecule has 0 spiro atoms. The Labute approximate surface area is 120 Å². The van der Waals surface area contributed by atoms with Gasteiger partial charge in [-0.1, -0.05) is 23.2 Å². The highest BCUT2D eigenvalue weighted by atomic mass is 35.5. The van der Waals surface area contributed by atoms with E-state index in [1.165, 1.54) is 12.1 Å². The molecule has 1 saturated heterocycles. The number of halogens is 2. The molecule has 102 valence electrons. The van der Waals surface area contributed by atoms with Crippen molar-refractivity contribution in [2.75, 3.05) is 13.1 Å². The van der Waals surface area contributed by atoms with Crippen molar-refractivity contribution in [1.29, 1.82) is 0 Å². The lowest BCUT2D eigenvalue weighted by Crippen LogP contribution is -2.29. The van der Waals surface area contributed by atoms with Crippen LogP contribution in [0.15, 0.2) is 12.1 Å². The molecule has 1 aliphatic rings. The Kier molecular flexibility index (Phi) is 4.27. The molecule has 5 nitrogen and oxygen atoms in total. The summed E-state index contributed by atoms with van der Waals surface area (Å²) >= 11 is 11.5. The molecule has 1 atom stereocenters. The molecule has 1 N–H and O–H groups in total. The summed E-state index contributed by atoms with van der Waals surface area (Å²) in [5.41, 5.74) is 0.376. The highest BCUT2D eigenvalue weighted by Crippen LogP contribution is 2.23. The van der Waals surface area contributed by atoms with E-state index in [0.717, 1.165) is 0 Å². The van der Waals surface area contributed by atoms with Crippen LogP contribution in [0.4, 0.5) is 0 Å². The minimum atomic E-state index is -0.839. The van der Waals surface area contributed by atoms with Crippen molar-refractivity contribution in [3.8, 4) is 0 Å². The van der Waals surface area contributed by atoms with Gasteiger partial charge in [0.2, 0.25) is 0 Å². The van der Waals surface area contributed by atoms with Gasteiger partial charge < -0.3 is 10.0 Å². The van der Waals surface area contributed by atoms with Crippen LogP contribution >= 0.6 is 23.2 Å². The minimum Gasteiger partial charge on any atom is -0.481 e. The average molecular weight is 303 g/mol. The zero-order valence-corrected chi connectivity index (χ0v) is 11.5. The lowest BCUT2D eigenvalue weighted by molar-refractivity contribution is -0.138. The Morgan fingerprint density at radius 2 is 2.00 bits per heavy atom. The third-order valence-electron chi connectivity index (χ3n) is 3.05. The number of carboxylic acid groups (broad SMARTS) is 1. The van der Waals surface area contributed by atoms with Gasteiger partial charge in [-0.05, 0) is 24.5 Å². The minimum absolute atomic E-state index is 0.00855. The first-order valence-corrected chi connectivity index (χ1v) is 6.55. The third-order valence-corrected chi connectivity index (χ3v) is 3.43. The lowest BCUT2D eigenvalue weighted by atomic mass is 10.1. The maximum atomic E-state index is 12.2. The summed E-state index contributed by atoms with van der Waals surface area (Å²) in [6.45, 7) is 0.997. The summed E-state index contributed by atoms with van der Waals surface area (Å²) in [6, 6.07) is 2.92. The van der Waals surface area contributed by atoms with Crippen molar-refractivity contribution in [2.45, 2.75) is 12.8 Å². The predicted molar refractivity (Wildman–Crippen MR) is 70.5 cm³/mol. The van der Waals surface area contributed by atoms with E-state index in [-0.39, 0.29) is 28.6 Å². The van der Waals surface area contributed by atoms with E-state index in [0.29, 0.717) is 25.1 Å². The van der Waals surface area contributed by atoms with Gasteiger partial charge in [-0.3, -0.25) is 9.59 Å². The highest BCUT2D eigenvalue weighted by molar-refractivity contribution is 6.33. The molecule has 0 radical (unpaired) electrons. The number of carbonyl (C=O) groups excluding carboxylic acids is 1. The highest BCUT2D eigenvalue weighted by Gasteiger charge is 2.28. The molecule has 1 amide bonds. The number of carboxylic acids is 1. The number of likely N-dealkylation sites (tertiary alicyclic amines) is 1. The van der Waals surface area contributed by atoms with Crippen molar-refractivity contribution in [3.05, 3.63) is 28.0 Å². The molecule has 0 aliphatic carbocycles. The van der Waals surface area contributed by atoms with E-state index in [9.17, 15) is 9.59 Å². The quantitative estimate of drug-likeness (QED) is 0.870. The fraction of sp³-hybridized carbons (Fsp3) is 0.417. The molecule has 1 aliphatic heterocycles. The summed E-state index contributed by atoms with van der Waals surface area (Å²) in [7, 11) is 0. The smallest absolute Gasteiger partial charge is 0.303 e. The summed E-state index contributed by atoms with van der Waals surface area (Å²) < 4.78 is 0. The van der Waals surface area contributed by atoms with Crippen LogP contribution in [-0.4, -0.2) is 40.0 Å². The van der Waals surface area contributed by atoms with Crippen molar-refractivity contribution in [1.82, 2.24) is 9.88 Å². The molecular formula is C12H12Cl2N2O3.